The molecule has 0 atom stereocenters. The largest absolute Gasteiger partial charge is 0.595 e. The fraction of sp³-hybridized carbons (Fsp3) is 0.125. The number of fused-ring (bicyclic) bond motifs is 1. The molecule has 1 aromatic carbocycles. The lowest BCUT2D eigenvalue weighted by atomic mass is 10.3. The van der Waals surface area contributed by atoms with Crippen molar-refractivity contribution in [1.29, 1.82) is 0 Å². The molecule has 0 unspecified atom stereocenters. The second-order valence-corrected chi connectivity index (χ2v) is 3.59. The third kappa shape index (κ3) is 0.992. The van der Waals surface area contributed by atoms with Gasteiger partial charge in [-0.05, 0) is 12.1 Å². The van der Waals surface area contributed by atoms with E-state index in [1.807, 2.05) is 12.1 Å². The van der Waals surface area contributed by atoms with Crippen LogP contribution in [0.3, 0.4) is 0 Å². The molecule has 0 aliphatic rings. The van der Waals surface area contributed by atoms with Crippen molar-refractivity contribution < 1.29 is 4.85 Å². The number of aromatic nitrogens is 2. The molecule has 4 heteroatoms. The van der Waals surface area contributed by atoms with Crippen LogP contribution in [0, 0.1) is 5.21 Å². The first kappa shape index (κ1) is 7.61. The maximum atomic E-state index is 11.3. The Hall–Kier alpha value is -1.03. The van der Waals surface area contributed by atoms with Gasteiger partial charge in [-0.2, -0.15) is 4.68 Å². The monoisotopic (exact) mass is 226 g/mol. The Balaban J connectivity index is 2.87. The zero-order chi connectivity index (χ0) is 8.72. The third-order valence-electron chi connectivity index (χ3n) is 1.81. The van der Waals surface area contributed by atoms with Gasteiger partial charge in [-0.1, -0.05) is 20.8 Å². The second-order valence-electron chi connectivity index (χ2n) is 2.68. The minimum atomic E-state index is 0.695. The summed E-state index contributed by atoms with van der Waals surface area (Å²) < 4.78 is 2.50. The molecule has 0 bridgehead atoms. The van der Waals surface area contributed by atoms with E-state index < -0.39 is 0 Å². The van der Waals surface area contributed by atoms with Crippen molar-refractivity contribution >= 4 is 26.8 Å². The molecule has 0 saturated heterocycles. The highest BCUT2D eigenvalue weighted by Gasteiger charge is 2.07. The van der Waals surface area contributed by atoms with Gasteiger partial charge in [-0.3, -0.25) is 0 Å². The Morgan fingerprint density at radius 1 is 1.50 bits per heavy atom. The zero-order valence-electron chi connectivity index (χ0n) is 6.49. The van der Waals surface area contributed by atoms with E-state index in [1.165, 1.54) is 4.68 Å². The highest BCUT2D eigenvalue weighted by atomic mass is 79.9. The van der Waals surface area contributed by atoms with E-state index in [0.29, 0.717) is 5.52 Å². The molecule has 0 amide bonds. The van der Waals surface area contributed by atoms with Gasteiger partial charge in [0.1, 0.15) is 0 Å². The molecular formula is C8H7BrN2O. The van der Waals surface area contributed by atoms with E-state index in [2.05, 4.69) is 15.9 Å². The highest BCUT2D eigenvalue weighted by molar-refractivity contribution is 9.10. The van der Waals surface area contributed by atoms with Gasteiger partial charge in [-0.15, -0.1) is 0 Å². The second kappa shape index (κ2) is 2.48. The Morgan fingerprint density at radius 3 is 3.00 bits per heavy atom. The Bertz CT molecular complexity index is 436. The van der Waals surface area contributed by atoms with E-state index in [9.17, 15) is 5.21 Å². The average molecular weight is 227 g/mol. The SMILES string of the molecule is Cn1cc2cc(Br)ccc2[n+]1[O-]. The molecule has 2 rings (SSSR count). The number of hydrogen-bond acceptors (Lipinski definition) is 1. The smallest absolute Gasteiger partial charge is 0.251 e. The molecule has 62 valence electrons. The first-order valence-corrected chi connectivity index (χ1v) is 4.32. The summed E-state index contributed by atoms with van der Waals surface area (Å²) >= 11 is 3.35. The van der Waals surface area contributed by atoms with Gasteiger partial charge in [0.2, 0.25) is 0 Å². The maximum Gasteiger partial charge on any atom is 0.251 e. The summed E-state index contributed by atoms with van der Waals surface area (Å²) in [5, 5.41) is 12.3. The van der Waals surface area contributed by atoms with Crippen LogP contribution in [0.4, 0.5) is 0 Å². The number of benzene rings is 1. The van der Waals surface area contributed by atoms with Crippen LogP contribution in [0.25, 0.3) is 10.9 Å². The van der Waals surface area contributed by atoms with Crippen molar-refractivity contribution in [1.82, 2.24) is 4.68 Å². The third-order valence-corrected chi connectivity index (χ3v) is 2.30. The topological polar surface area (TPSA) is 31.9 Å². The molecule has 0 fully saturated rings. The fourth-order valence-corrected chi connectivity index (χ4v) is 1.61. The molecular weight excluding hydrogens is 220 g/mol. The van der Waals surface area contributed by atoms with Crippen molar-refractivity contribution in [3.05, 3.63) is 34.1 Å². The minimum absolute atomic E-state index is 0.695. The minimum Gasteiger partial charge on any atom is -0.595 e. The van der Waals surface area contributed by atoms with Crippen LogP contribution in [0.2, 0.25) is 0 Å². The summed E-state index contributed by atoms with van der Waals surface area (Å²) in [5.74, 6) is 0. The fourth-order valence-electron chi connectivity index (χ4n) is 1.23. The number of halogens is 1. The highest BCUT2D eigenvalue weighted by Crippen LogP contribution is 2.16. The number of aryl methyl sites for hydroxylation is 1. The quantitative estimate of drug-likeness (QED) is 0.496. The van der Waals surface area contributed by atoms with Gasteiger partial charge in [0.25, 0.3) is 5.52 Å². The number of nitrogens with zero attached hydrogens (tertiary/aromatic N) is 2. The normalized spacial score (nSPS) is 10.8. The summed E-state index contributed by atoms with van der Waals surface area (Å²) in [4.78, 5) is 0.863. The number of rotatable bonds is 0. The van der Waals surface area contributed by atoms with Crippen molar-refractivity contribution in [2.75, 3.05) is 0 Å². The van der Waals surface area contributed by atoms with Gasteiger partial charge < -0.3 is 5.21 Å². The van der Waals surface area contributed by atoms with Crippen molar-refractivity contribution in [3.8, 4) is 0 Å². The Labute approximate surface area is 77.9 Å². The molecule has 2 aromatic rings. The summed E-state index contributed by atoms with van der Waals surface area (Å²) in [6.45, 7) is 0. The van der Waals surface area contributed by atoms with Gasteiger partial charge in [0.15, 0.2) is 0 Å². The number of hydrogen-bond donors (Lipinski definition) is 0. The summed E-state index contributed by atoms with van der Waals surface area (Å²) in [5.41, 5.74) is 0.695. The summed E-state index contributed by atoms with van der Waals surface area (Å²) in [6.07, 6.45) is 1.80. The van der Waals surface area contributed by atoms with E-state index in [0.717, 1.165) is 14.7 Å². The van der Waals surface area contributed by atoms with Crippen molar-refractivity contribution in [3.63, 3.8) is 0 Å². The molecule has 0 radical (unpaired) electrons. The molecule has 3 nitrogen and oxygen atoms in total. The summed E-state index contributed by atoms with van der Waals surface area (Å²) in [7, 11) is 1.72. The van der Waals surface area contributed by atoms with E-state index >= 15 is 0 Å². The molecule has 0 aliphatic carbocycles. The van der Waals surface area contributed by atoms with Crippen LogP contribution in [0.5, 0.6) is 0 Å². The van der Waals surface area contributed by atoms with E-state index in [4.69, 9.17) is 0 Å². The molecule has 0 saturated carbocycles. The first-order valence-electron chi connectivity index (χ1n) is 3.53. The van der Waals surface area contributed by atoms with Crippen LogP contribution >= 0.6 is 15.9 Å². The first-order chi connectivity index (χ1) is 5.68. The molecule has 0 aliphatic heterocycles. The van der Waals surface area contributed by atoms with Gasteiger partial charge >= 0.3 is 0 Å². The van der Waals surface area contributed by atoms with Crippen molar-refractivity contribution in [2.45, 2.75) is 0 Å². The van der Waals surface area contributed by atoms with Crippen LogP contribution in [-0.2, 0) is 7.05 Å². The van der Waals surface area contributed by atoms with Crippen LogP contribution in [0.1, 0.15) is 0 Å². The lowest BCUT2D eigenvalue weighted by molar-refractivity contribution is -0.667. The Morgan fingerprint density at radius 2 is 2.25 bits per heavy atom. The van der Waals surface area contributed by atoms with Crippen LogP contribution in [-0.4, -0.2) is 4.68 Å². The van der Waals surface area contributed by atoms with Gasteiger partial charge in [0, 0.05) is 10.5 Å². The van der Waals surface area contributed by atoms with Gasteiger partial charge in [0.05, 0.1) is 18.6 Å². The van der Waals surface area contributed by atoms with Crippen LogP contribution in [0.15, 0.2) is 28.9 Å². The molecule has 1 heterocycles. The maximum absolute atomic E-state index is 11.3. The van der Waals surface area contributed by atoms with Gasteiger partial charge in [-0.25, -0.2) is 0 Å². The molecule has 0 N–H and O–H groups in total. The lowest BCUT2D eigenvalue weighted by Crippen LogP contribution is -2.34. The lowest BCUT2D eigenvalue weighted by Gasteiger charge is -1.94. The van der Waals surface area contributed by atoms with E-state index in [-0.39, 0.29) is 0 Å². The summed E-state index contributed by atoms with van der Waals surface area (Å²) in [6, 6.07) is 5.58. The molecule has 12 heavy (non-hydrogen) atoms. The standard InChI is InChI=1S/C8H7BrN2O/c1-10-5-6-4-7(9)2-3-8(6)11(10)12/h2-5H,1H3. The average Bonchev–Trinajstić information content (AvgIpc) is 2.28. The Kier molecular flexibility index (Phi) is 1.58. The zero-order valence-corrected chi connectivity index (χ0v) is 8.08. The molecule has 0 spiro atoms. The van der Waals surface area contributed by atoms with E-state index in [1.54, 1.807) is 19.3 Å². The van der Waals surface area contributed by atoms with Crippen LogP contribution < -0.4 is 4.85 Å². The van der Waals surface area contributed by atoms with Crippen molar-refractivity contribution in [2.24, 2.45) is 7.05 Å². The molecule has 1 aromatic heterocycles. The predicted molar refractivity (Wildman–Crippen MR) is 49.6 cm³/mol. The predicted octanol–water partition coefficient (Wildman–Crippen LogP) is 1.57.